The minimum atomic E-state index is 0.413. The van der Waals surface area contributed by atoms with E-state index in [2.05, 4.69) is 6.58 Å². The van der Waals surface area contributed by atoms with Crippen LogP contribution < -0.4 is 0 Å². The molecular formula is C6H10Cl2. The van der Waals surface area contributed by atoms with E-state index < -0.39 is 0 Å². The van der Waals surface area contributed by atoms with Crippen LogP contribution in [0, 0.1) is 5.92 Å². The fraction of sp³-hybridized carbons (Fsp3) is 0.667. The lowest BCUT2D eigenvalue weighted by Crippen LogP contribution is -2.01. The first-order valence-corrected chi connectivity index (χ1v) is 3.64. The standard InChI is InChI=1S/C6H10Cl2/c1-2-3-6(4-7)5-8/h2,6H,1,3-5H2. The molecule has 2 heteroatoms. The fourth-order valence-electron chi connectivity index (χ4n) is 0.403. The Balaban J connectivity index is 3.20. The highest BCUT2D eigenvalue weighted by atomic mass is 35.5. The minimum absolute atomic E-state index is 0.413. The van der Waals surface area contributed by atoms with Crippen molar-refractivity contribution in [1.82, 2.24) is 0 Å². The lowest BCUT2D eigenvalue weighted by atomic mass is 10.1. The predicted octanol–water partition coefficient (Wildman–Crippen LogP) is 2.66. The van der Waals surface area contributed by atoms with Crippen molar-refractivity contribution in [3.05, 3.63) is 12.7 Å². The summed E-state index contributed by atoms with van der Waals surface area (Å²) in [5.74, 6) is 1.68. The molecule has 0 spiro atoms. The molecule has 0 N–H and O–H groups in total. The molecule has 8 heavy (non-hydrogen) atoms. The lowest BCUT2D eigenvalue weighted by Gasteiger charge is -2.03. The first-order chi connectivity index (χ1) is 3.85. The van der Waals surface area contributed by atoms with E-state index in [-0.39, 0.29) is 0 Å². The van der Waals surface area contributed by atoms with E-state index in [0.717, 1.165) is 6.42 Å². The highest BCUT2D eigenvalue weighted by Crippen LogP contribution is 2.07. The maximum absolute atomic E-state index is 5.51. The van der Waals surface area contributed by atoms with Crippen LogP contribution in [0.2, 0.25) is 0 Å². The zero-order chi connectivity index (χ0) is 6.41. The molecule has 0 rings (SSSR count). The number of halogens is 2. The number of allylic oxidation sites excluding steroid dienone is 1. The van der Waals surface area contributed by atoms with Gasteiger partial charge in [-0.2, -0.15) is 0 Å². The van der Waals surface area contributed by atoms with Gasteiger partial charge in [0.15, 0.2) is 0 Å². The van der Waals surface area contributed by atoms with E-state index in [1.165, 1.54) is 0 Å². The molecule has 0 unspecified atom stereocenters. The van der Waals surface area contributed by atoms with Crippen LogP contribution in [0.3, 0.4) is 0 Å². The molecule has 48 valence electrons. The van der Waals surface area contributed by atoms with Gasteiger partial charge in [-0.15, -0.1) is 29.8 Å². The third kappa shape index (κ3) is 3.34. The van der Waals surface area contributed by atoms with Gasteiger partial charge in [0.05, 0.1) is 0 Å². The molecule has 0 aromatic heterocycles. The molecule has 0 atom stereocenters. The zero-order valence-corrected chi connectivity index (χ0v) is 6.25. The van der Waals surface area contributed by atoms with E-state index in [1.807, 2.05) is 6.08 Å². The molecule has 0 nitrogen and oxygen atoms in total. The van der Waals surface area contributed by atoms with Crippen LogP contribution in [0.25, 0.3) is 0 Å². The Labute approximate surface area is 60.5 Å². The number of hydrogen-bond acceptors (Lipinski definition) is 0. The van der Waals surface area contributed by atoms with Gasteiger partial charge < -0.3 is 0 Å². The van der Waals surface area contributed by atoms with Crippen molar-refractivity contribution in [2.75, 3.05) is 11.8 Å². The molecule has 0 bridgehead atoms. The van der Waals surface area contributed by atoms with E-state index in [9.17, 15) is 0 Å². The van der Waals surface area contributed by atoms with E-state index >= 15 is 0 Å². The third-order valence-corrected chi connectivity index (χ3v) is 1.81. The molecule has 0 aromatic carbocycles. The Morgan fingerprint density at radius 3 is 2.00 bits per heavy atom. The summed E-state index contributed by atoms with van der Waals surface area (Å²) in [4.78, 5) is 0. The van der Waals surface area contributed by atoms with Crippen LogP contribution in [-0.2, 0) is 0 Å². The molecule has 0 fully saturated rings. The second kappa shape index (κ2) is 5.46. The van der Waals surface area contributed by atoms with Gasteiger partial charge in [0.2, 0.25) is 0 Å². The molecule has 0 aromatic rings. The fourth-order valence-corrected chi connectivity index (χ4v) is 0.985. The van der Waals surface area contributed by atoms with Crippen LogP contribution in [0.5, 0.6) is 0 Å². The monoisotopic (exact) mass is 152 g/mol. The van der Waals surface area contributed by atoms with Gasteiger partial charge in [0.1, 0.15) is 0 Å². The number of alkyl halides is 2. The van der Waals surface area contributed by atoms with Gasteiger partial charge in [0.25, 0.3) is 0 Å². The topological polar surface area (TPSA) is 0 Å². The lowest BCUT2D eigenvalue weighted by molar-refractivity contribution is 0.680. The number of hydrogen-bond donors (Lipinski definition) is 0. The van der Waals surface area contributed by atoms with Gasteiger partial charge in [-0.1, -0.05) is 6.08 Å². The first-order valence-electron chi connectivity index (χ1n) is 2.58. The molecule has 0 aliphatic rings. The molecular weight excluding hydrogens is 143 g/mol. The summed E-state index contributed by atoms with van der Waals surface area (Å²) in [5.41, 5.74) is 0. The second-order valence-corrected chi connectivity index (χ2v) is 2.32. The SMILES string of the molecule is C=CCC(CCl)CCl. The van der Waals surface area contributed by atoms with Gasteiger partial charge in [-0.25, -0.2) is 0 Å². The Kier molecular flexibility index (Phi) is 5.67. The molecule has 0 radical (unpaired) electrons. The highest BCUT2D eigenvalue weighted by Gasteiger charge is 2.00. The second-order valence-electron chi connectivity index (χ2n) is 1.70. The average molecular weight is 153 g/mol. The summed E-state index contributed by atoms with van der Waals surface area (Å²) in [5, 5.41) is 0. The maximum atomic E-state index is 5.51. The van der Waals surface area contributed by atoms with Gasteiger partial charge in [-0.05, 0) is 12.3 Å². The molecule has 0 amide bonds. The Hall–Kier alpha value is 0.320. The summed E-state index contributed by atoms with van der Waals surface area (Å²) in [6.07, 6.45) is 2.77. The molecule has 0 saturated heterocycles. The van der Waals surface area contributed by atoms with Crippen LogP contribution in [0.4, 0.5) is 0 Å². The summed E-state index contributed by atoms with van der Waals surface area (Å²) in [7, 11) is 0. The van der Waals surface area contributed by atoms with Crippen LogP contribution in [0.1, 0.15) is 6.42 Å². The van der Waals surface area contributed by atoms with E-state index in [4.69, 9.17) is 23.2 Å². The van der Waals surface area contributed by atoms with Crippen molar-refractivity contribution in [2.24, 2.45) is 5.92 Å². The average Bonchev–Trinajstić information content (AvgIpc) is 1.83. The Morgan fingerprint density at radius 2 is 1.88 bits per heavy atom. The summed E-state index contributed by atoms with van der Waals surface area (Å²) in [6.45, 7) is 3.58. The van der Waals surface area contributed by atoms with Gasteiger partial charge in [0, 0.05) is 11.8 Å². The van der Waals surface area contributed by atoms with Crippen molar-refractivity contribution in [2.45, 2.75) is 6.42 Å². The quantitative estimate of drug-likeness (QED) is 0.430. The zero-order valence-electron chi connectivity index (χ0n) is 4.74. The highest BCUT2D eigenvalue weighted by molar-refractivity contribution is 6.20. The van der Waals surface area contributed by atoms with Crippen molar-refractivity contribution in [3.63, 3.8) is 0 Å². The molecule has 0 heterocycles. The van der Waals surface area contributed by atoms with Crippen LogP contribution >= 0.6 is 23.2 Å². The third-order valence-electron chi connectivity index (χ3n) is 0.936. The van der Waals surface area contributed by atoms with Crippen molar-refractivity contribution >= 4 is 23.2 Å². The van der Waals surface area contributed by atoms with Crippen LogP contribution in [-0.4, -0.2) is 11.8 Å². The van der Waals surface area contributed by atoms with Crippen molar-refractivity contribution in [1.29, 1.82) is 0 Å². The first kappa shape index (κ1) is 8.32. The van der Waals surface area contributed by atoms with Crippen LogP contribution in [0.15, 0.2) is 12.7 Å². The normalized spacial score (nSPS) is 9.88. The smallest absolute Gasteiger partial charge is 0.0266 e. The Bertz CT molecular complexity index is 57.5. The van der Waals surface area contributed by atoms with Gasteiger partial charge in [-0.3, -0.25) is 0 Å². The number of rotatable bonds is 4. The molecule has 0 aliphatic heterocycles. The summed E-state index contributed by atoms with van der Waals surface area (Å²) in [6, 6.07) is 0. The van der Waals surface area contributed by atoms with Crippen molar-refractivity contribution in [3.8, 4) is 0 Å². The Morgan fingerprint density at radius 1 is 1.38 bits per heavy atom. The summed E-state index contributed by atoms with van der Waals surface area (Å²) >= 11 is 11.0. The minimum Gasteiger partial charge on any atom is -0.126 e. The maximum Gasteiger partial charge on any atom is 0.0266 e. The van der Waals surface area contributed by atoms with Crippen molar-refractivity contribution < 1.29 is 0 Å². The molecule has 0 aliphatic carbocycles. The summed E-state index contributed by atoms with van der Waals surface area (Å²) < 4.78 is 0. The van der Waals surface area contributed by atoms with Gasteiger partial charge >= 0.3 is 0 Å². The van der Waals surface area contributed by atoms with E-state index in [0.29, 0.717) is 17.7 Å². The largest absolute Gasteiger partial charge is 0.126 e. The predicted molar refractivity (Wildman–Crippen MR) is 39.7 cm³/mol. The van der Waals surface area contributed by atoms with E-state index in [1.54, 1.807) is 0 Å². The molecule has 0 saturated carbocycles.